The molecule has 0 fully saturated rings. The van der Waals surface area contributed by atoms with Gasteiger partial charge in [0.15, 0.2) is 0 Å². The van der Waals surface area contributed by atoms with Crippen LogP contribution in [-0.2, 0) is 14.4 Å². The van der Waals surface area contributed by atoms with E-state index in [1.165, 1.54) is 0 Å². The van der Waals surface area contributed by atoms with Crippen molar-refractivity contribution in [1.29, 1.82) is 0 Å². The number of sulfone groups is 1. The van der Waals surface area contributed by atoms with Gasteiger partial charge in [0.25, 0.3) is 0 Å². The van der Waals surface area contributed by atoms with Gasteiger partial charge in [-0.2, -0.15) is 0 Å². The zero-order valence-corrected chi connectivity index (χ0v) is 9.10. The lowest BCUT2D eigenvalue weighted by atomic mass is 11.0. The van der Waals surface area contributed by atoms with Crippen LogP contribution in [-0.4, -0.2) is 36.4 Å². The predicted octanol–water partition coefficient (Wildman–Crippen LogP) is 0.235. The molecule has 76 valence electrons. The van der Waals surface area contributed by atoms with Crippen LogP contribution in [0.3, 0.4) is 0 Å². The Bertz CT molecular complexity index is 220. The Kier molecular flexibility index (Phi) is 6.94. The smallest absolute Gasteiger partial charge is 0.322 e. The van der Waals surface area contributed by atoms with E-state index in [-0.39, 0.29) is 11.5 Å². The minimum Gasteiger partial charge on any atom is -0.325 e. The van der Waals surface area contributed by atoms with Crippen molar-refractivity contribution in [2.75, 3.05) is 18.2 Å². The molecule has 0 radical (unpaired) electrons. The molecule has 0 atom stereocenters. The summed E-state index contributed by atoms with van der Waals surface area (Å²) in [6, 6.07) is 0. The van der Waals surface area contributed by atoms with Crippen molar-refractivity contribution in [2.45, 2.75) is 13.8 Å². The van der Waals surface area contributed by atoms with E-state index in [9.17, 15) is 13.0 Å². The molecule has 0 saturated carbocycles. The van der Waals surface area contributed by atoms with Crippen LogP contribution in [0.2, 0.25) is 0 Å². The highest BCUT2D eigenvalue weighted by Gasteiger charge is 1.99. The lowest BCUT2D eigenvalue weighted by Crippen LogP contribution is -2.04. The van der Waals surface area contributed by atoms with Gasteiger partial charge in [-0.3, -0.25) is 4.57 Å². The third kappa shape index (κ3) is 22.5. The fourth-order valence-electron chi connectivity index (χ4n) is 0.204. The van der Waals surface area contributed by atoms with Crippen LogP contribution in [0, 0.1) is 0 Å². The largest absolute Gasteiger partial charge is 0.325 e. The minimum absolute atomic E-state index is 0.267. The molecule has 0 rings (SSSR count). The lowest BCUT2D eigenvalue weighted by Gasteiger charge is -1.89. The summed E-state index contributed by atoms with van der Waals surface area (Å²) in [5.41, 5.74) is 0. The van der Waals surface area contributed by atoms with E-state index in [4.69, 9.17) is 9.79 Å². The van der Waals surface area contributed by atoms with E-state index < -0.39 is 17.4 Å². The molecule has 0 aliphatic rings. The molecule has 0 aliphatic heterocycles. The molecule has 0 aromatic heterocycles. The summed E-state index contributed by atoms with van der Waals surface area (Å²) in [5, 5.41) is 0. The molecule has 0 heterocycles. The van der Waals surface area contributed by atoms with Gasteiger partial charge < -0.3 is 9.79 Å². The molecule has 0 amide bonds. The summed E-state index contributed by atoms with van der Waals surface area (Å²) in [5.74, 6) is 0.535. The number of hydrogen-bond donors (Lipinski definition) is 2. The third-order valence-electron chi connectivity index (χ3n) is 0.880. The Balaban J connectivity index is 0. The molecule has 2 N–H and O–H groups in total. The van der Waals surface area contributed by atoms with E-state index in [2.05, 4.69) is 0 Å². The van der Waals surface area contributed by atoms with Crippen LogP contribution >= 0.6 is 7.60 Å². The lowest BCUT2D eigenvalue weighted by molar-refractivity contribution is 0.381. The van der Waals surface area contributed by atoms with Crippen molar-refractivity contribution in [3.05, 3.63) is 0 Å². The summed E-state index contributed by atoms with van der Waals surface area (Å²) in [4.78, 5) is 15.3. The van der Waals surface area contributed by atoms with Crippen LogP contribution in [0.15, 0.2) is 0 Å². The Morgan fingerprint density at radius 3 is 1.33 bits per heavy atom. The monoisotopic (exact) mass is 218 g/mol. The predicted molar refractivity (Wildman–Crippen MR) is 48.0 cm³/mol. The summed E-state index contributed by atoms with van der Waals surface area (Å²) >= 11 is 0. The van der Waals surface area contributed by atoms with Crippen molar-refractivity contribution >= 4 is 17.4 Å². The van der Waals surface area contributed by atoms with E-state index in [1.54, 1.807) is 13.8 Å². The second kappa shape index (κ2) is 5.70. The van der Waals surface area contributed by atoms with E-state index in [1.807, 2.05) is 0 Å². The molecule has 0 aliphatic carbocycles. The van der Waals surface area contributed by atoms with Crippen LogP contribution in [0.4, 0.5) is 0 Å². The summed E-state index contributed by atoms with van der Waals surface area (Å²) in [6.07, 6.45) is 0. The molecule has 0 spiro atoms. The first-order valence-corrected chi connectivity index (χ1v) is 7.24. The van der Waals surface area contributed by atoms with Gasteiger partial charge in [0.05, 0.1) is 0 Å². The Hall–Kier alpha value is 0.1000. The molecule has 7 heteroatoms. The Morgan fingerprint density at radius 1 is 1.17 bits per heavy atom. The normalized spacial score (nSPS) is 11.8. The van der Waals surface area contributed by atoms with Gasteiger partial charge in [-0.05, 0) is 0 Å². The highest BCUT2D eigenvalue weighted by atomic mass is 32.2. The van der Waals surface area contributed by atoms with Crippen molar-refractivity contribution in [3.63, 3.8) is 0 Å². The molecule has 0 aromatic carbocycles. The first-order valence-electron chi connectivity index (χ1n) is 3.35. The fraction of sp³-hybridized carbons (Fsp3) is 1.00. The van der Waals surface area contributed by atoms with Crippen LogP contribution in [0.1, 0.15) is 13.8 Å². The molecular formula is C5H15O5PS. The maximum Gasteiger partial charge on any atom is 0.322 e. The molecule has 0 aromatic rings. The second-order valence-corrected chi connectivity index (χ2v) is 6.47. The quantitative estimate of drug-likeness (QED) is 0.647. The molecular weight excluding hydrogens is 203 g/mol. The van der Waals surface area contributed by atoms with E-state index >= 15 is 0 Å². The first-order chi connectivity index (χ1) is 5.12. The van der Waals surface area contributed by atoms with E-state index in [0.717, 1.165) is 6.66 Å². The van der Waals surface area contributed by atoms with Gasteiger partial charge in [0, 0.05) is 18.2 Å². The average molecular weight is 218 g/mol. The van der Waals surface area contributed by atoms with Crippen LogP contribution < -0.4 is 0 Å². The maximum atomic E-state index is 10.4. The zero-order chi connectivity index (χ0) is 10.4. The molecule has 0 unspecified atom stereocenters. The van der Waals surface area contributed by atoms with E-state index in [0.29, 0.717) is 0 Å². The van der Waals surface area contributed by atoms with Gasteiger partial charge in [-0.1, -0.05) is 13.8 Å². The summed E-state index contributed by atoms with van der Waals surface area (Å²) < 4.78 is 30.1. The summed E-state index contributed by atoms with van der Waals surface area (Å²) in [6.45, 7) is 4.16. The highest BCUT2D eigenvalue weighted by molar-refractivity contribution is 7.91. The van der Waals surface area contributed by atoms with Gasteiger partial charge in [-0.25, -0.2) is 8.42 Å². The van der Waals surface area contributed by atoms with Gasteiger partial charge >= 0.3 is 7.60 Å². The van der Waals surface area contributed by atoms with Crippen molar-refractivity contribution in [3.8, 4) is 0 Å². The SMILES string of the molecule is CCS(=O)(=O)CC.CP(=O)(O)O. The summed E-state index contributed by atoms with van der Waals surface area (Å²) in [7, 11) is -6.30. The topological polar surface area (TPSA) is 91.7 Å². The second-order valence-electron chi connectivity index (χ2n) is 2.16. The highest BCUT2D eigenvalue weighted by Crippen LogP contribution is 2.26. The molecule has 0 bridgehead atoms. The molecule has 12 heavy (non-hydrogen) atoms. The van der Waals surface area contributed by atoms with Gasteiger partial charge in [0.1, 0.15) is 9.84 Å². The average Bonchev–Trinajstić information content (AvgIpc) is 1.85. The maximum absolute atomic E-state index is 10.4. The zero-order valence-electron chi connectivity index (χ0n) is 7.39. The third-order valence-corrected chi connectivity index (χ3v) is 2.64. The van der Waals surface area contributed by atoms with Crippen molar-refractivity contribution in [1.82, 2.24) is 0 Å². The van der Waals surface area contributed by atoms with Gasteiger partial charge in [0.2, 0.25) is 0 Å². The standard InChI is InChI=1S/C4H10O2S.CH5O3P/c1-3-7(5,6)4-2;1-5(2,3)4/h3-4H2,1-2H3;1H3,(H2,2,3,4). The minimum atomic E-state index is -3.64. The Morgan fingerprint density at radius 2 is 1.33 bits per heavy atom. The fourth-order valence-corrected chi connectivity index (χ4v) is 0.612. The van der Waals surface area contributed by atoms with Crippen molar-refractivity contribution in [2.24, 2.45) is 0 Å². The number of rotatable bonds is 2. The Labute approximate surface area is 72.9 Å². The van der Waals surface area contributed by atoms with Crippen LogP contribution in [0.5, 0.6) is 0 Å². The first kappa shape index (κ1) is 14.6. The van der Waals surface area contributed by atoms with Gasteiger partial charge in [-0.15, -0.1) is 0 Å². The van der Waals surface area contributed by atoms with Crippen LogP contribution in [0.25, 0.3) is 0 Å². The van der Waals surface area contributed by atoms with Crippen molar-refractivity contribution < 1.29 is 22.8 Å². The molecule has 0 saturated heterocycles. The molecule has 5 nitrogen and oxygen atoms in total. The number of hydrogen-bond acceptors (Lipinski definition) is 3.